The van der Waals surface area contributed by atoms with Gasteiger partial charge in [0.05, 0.1) is 31.7 Å². The van der Waals surface area contributed by atoms with Crippen LogP contribution in [0.3, 0.4) is 0 Å². The van der Waals surface area contributed by atoms with Crippen molar-refractivity contribution in [2.45, 2.75) is 57.5 Å². The van der Waals surface area contributed by atoms with Gasteiger partial charge in [0.1, 0.15) is 35.5 Å². The minimum absolute atomic E-state index is 0.0231. The molecule has 0 bridgehead atoms. The van der Waals surface area contributed by atoms with Gasteiger partial charge in [-0.25, -0.2) is 4.98 Å². The van der Waals surface area contributed by atoms with Crippen molar-refractivity contribution >= 4 is 11.6 Å². The maximum Gasteiger partial charge on any atom is 0.231 e. The number of methoxy groups -OCH3 is 1. The molecule has 0 radical (unpaired) electrons. The zero-order valence-electron chi connectivity index (χ0n) is 20.7. The molecular weight excluding hydrogens is 456 g/mol. The van der Waals surface area contributed by atoms with Crippen molar-refractivity contribution < 1.29 is 19.0 Å². The number of likely N-dealkylation sites (tertiary alicyclic amines) is 1. The second-order valence-electron chi connectivity index (χ2n) is 9.60. The van der Waals surface area contributed by atoms with Crippen LogP contribution in [0.4, 0.5) is 5.69 Å². The third-order valence-corrected chi connectivity index (χ3v) is 7.25. The van der Waals surface area contributed by atoms with Gasteiger partial charge in [0.2, 0.25) is 11.8 Å². The fourth-order valence-corrected chi connectivity index (χ4v) is 5.31. The number of amides is 1. The van der Waals surface area contributed by atoms with E-state index in [1.807, 2.05) is 22.1 Å². The molecule has 2 aliphatic carbocycles. The van der Waals surface area contributed by atoms with E-state index in [-0.39, 0.29) is 12.0 Å². The summed E-state index contributed by atoms with van der Waals surface area (Å²) in [6.45, 7) is 1.40. The van der Waals surface area contributed by atoms with Crippen LogP contribution in [0.15, 0.2) is 60.2 Å². The van der Waals surface area contributed by atoms with E-state index in [0.29, 0.717) is 29.7 Å². The van der Waals surface area contributed by atoms with Gasteiger partial charge >= 0.3 is 0 Å². The number of allylic oxidation sites excluding steroid dienone is 3. The molecule has 1 atom stereocenters. The van der Waals surface area contributed by atoms with Gasteiger partial charge in [-0.1, -0.05) is 25.3 Å². The molecule has 0 N–H and O–H groups in total. The van der Waals surface area contributed by atoms with Gasteiger partial charge < -0.3 is 24.0 Å². The lowest BCUT2D eigenvalue weighted by molar-refractivity contribution is -0.135. The highest BCUT2D eigenvalue weighted by Gasteiger charge is 2.33. The summed E-state index contributed by atoms with van der Waals surface area (Å²) in [6.07, 6.45) is 19.2. The number of pyridine rings is 1. The quantitative estimate of drug-likeness (QED) is 0.562. The highest BCUT2D eigenvalue weighted by Crippen LogP contribution is 2.33. The first kappa shape index (κ1) is 24.0. The van der Waals surface area contributed by atoms with Gasteiger partial charge in [0.15, 0.2) is 0 Å². The predicted octanol–water partition coefficient (Wildman–Crippen LogP) is 4.91. The van der Waals surface area contributed by atoms with Crippen LogP contribution in [0.1, 0.15) is 56.9 Å². The van der Waals surface area contributed by atoms with Crippen LogP contribution in [-0.4, -0.2) is 42.1 Å². The van der Waals surface area contributed by atoms with Crippen molar-refractivity contribution in [3.63, 3.8) is 0 Å². The average Bonchev–Trinajstić information content (AvgIpc) is 3.41. The Morgan fingerprint density at radius 1 is 1.25 bits per heavy atom. The molecule has 188 valence electrons. The van der Waals surface area contributed by atoms with Crippen LogP contribution in [0.25, 0.3) is 0 Å². The Labute approximate surface area is 212 Å². The molecule has 0 unspecified atom stereocenters. The lowest BCUT2D eigenvalue weighted by atomic mass is 9.88. The van der Waals surface area contributed by atoms with Crippen molar-refractivity contribution in [1.82, 2.24) is 9.88 Å². The molecule has 8 heteroatoms. The van der Waals surface area contributed by atoms with Gasteiger partial charge in [-0.2, -0.15) is 5.26 Å². The number of carbonyl (C=O) groups is 1. The van der Waals surface area contributed by atoms with Crippen LogP contribution in [-0.2, 0) is 14.3 Å². The first-order chi connectivity index (χ1) is 17.7. The predicted molar refractivity (Wildman–Crippen MR) is 134 cm³/mol. The van der Waals surface area contributed by atoms with Crippen molar-refractivity contribution in [3.8, 4) is 11.9 Å². The van der Waals surface area contributed by atoms with Crippen molar-refractivity contribution in [2.75, 3.05) is 25.1 Å². The Kier molecular flexibility index (Phi) is 7.26. The summed E-state index contributed by atoms with van der Waals surface area (Å²) in [6, 6.07) is 3.86. The smallest absolute Gasteiger partial charge is 0.231 e. The van der Waals surface area contributed by atoms with E-state index in [2.05, 4.69) is 17.1 Å². The number of hydrogen-bond donors (Lipinski definition) is 0. The lowest BCUT2D eigenvalue weighted by Gasteiger charge is -2.27. The summed E-state index contributed by atoms with van der Waals surface area (Å²) >= 11 is 0. The fourth-order valence-electron chi connectivity index (χ4n) is 5.31. The van der Waals surface area contributed by atoms with Gasteiger partial charge in [-0.15, -0.1) is 0 Å². The number of rotatable bonds is 6. The Morgan fingerprint density at radius 2 is 2.11 bits per heavy atom. The molecule has 3 heterocycles. The van der Waals surface area contributed by atoms with Crippen LogP contribution >= 0.6 is 0 Å². The van der Waals surface area contributed by atoms with Crippen LogP contribution < -0.4 is 9.64 Å². The first-order valence-electron chi connectivity index (χ1n) is 12.8. The molecule has 2 fully saturated rings. The van der Waals surface area contributed by atoms with Gasteiger partial charge in [0, 0.05) is 30.7 Å². The zero-order valence-corrected chi connectivity index (χ0v) is 20.7. The van der Waals surface area contributed by atoms with Crippen molar-refractivity contribution in [3.05, 3.63) is 65.7 Å². The molecule has 1 saturated heterocycles. The Morgan fingerprint density at radius 3 is 2.92 bits per heavy atom. The summed E-state index contributed by atoms with van der Waals surface area (Å²) in [5, 5.41) is 9.42. The second-order valence-corrected chi connectivity index (χ2v) is 9.60. The number of hydrogen-bond acceptors (Lipinski definition) is 7. The van der Waals surface area contributed by atoms with Gasteiger partial charge in [-0.05, 0) is 37.8 Å². The molecule has 1 aromatic heterocycles. The third-order valence-electron chi connectivity index (χ3n) is 7.25. The van der Waals surface area contributed by atoms with E-state index in [0.717, 1.165) is 68.5 Å². The maximum atomic E-state index is 13.0. The van der Waals surface area contributed by atoms with E-state index in [9.17, 15) is 10.1 Å². The van der Waals surface area contributed by atoms with Crippen LogP contribution in [0, 0.1) is 17.2 Å². The number of carbonyl (C=O) groups excluding carboxylic acids is 1. The Hall–Kier alpha value is -3.73. The molecular formula is C28H32N4O4. The number of nitrogens with zero attached hydrogens (tertiary/aromatic N) is 4. The summed E-state index contributed by atoms with van der Waals surface area (Å²) in [5.74, 6) is 2.28. The molecule has 5 rings (SSSR count). The van der Waals surface area contributed by atoms with Crippen molar-refractivity contribution in [2.24, 2.45) is 5.92 Å². The number of ether oxygens (including phenoxy) is 3. The molecule has 2 aliphatic heterocycles. The summed E-state index contributed by atoms with van der Waals surface area (Å²) in [7, 11) is 1.50. The molecule has 36 heavy (non-hydrogen) atoms. The van der Waals surface area contributed by atoms with E-state index in [4.69, 9.17) is 14.2 Å². The molecule has 0 spiro atoms. The topological polar surface area (TPSA) is 87.9 Å². The standard InChI is InChI=1S/C28H32N4O4/c1-34-27-21(16-29)15-22(17-30-27)31-13-14-35-26(19-31)24-9-5-6-10-25(24)36-23-11-12-32(18-23)28(33)20-7-3-2-4-8-20/h6,10,13-15,17,19-20,23H,2-5,7-9,11-12,18H2,1H3/t23-/m0/s1. The average molecular weight is 489 g/mol. The first-order valence-corrected chi connectivity index (χ1v) is 12.8. The second kappa shape index (κ2) is 10.9. The molecule has 4 aliphatic rings. The van der Waals surface area contributed by atoms with Crippen LogP contribution in [0.5, 0.6) is 5.88 Å². The van der Waals surface area contributed by atoms with Crippen molar-refractivity contribution in [1.29, 1.82) is 5.26 Å². The lowest BCUT2D eigenvalue weighted by Crippen LogP contribution is -2.36. The molecule has 1 saturated carbocycles. The molecule has 1 aromatic rings. The van der Waals surface area contributed by atoms with E-state index in [1.54, 1.807) is 24.7 Å². The molecule has 0 aromatic carbocycles. The van der Waals surface area contributed by atoms with E-state index >= 15 is 0 Å². The maximum absolute atomic E-state index is 13.0. The van der Waals surface area contributed by atoms with E-state index in [1.165, 1.54) is 13.5 Å². The highest BCUT2D eigenvalue weighted by molar-refractivity contribution is 5.79. The molecule has 1 amide bonds. The van der Waals surface area contributed by atoms with Crippen LogP contribution in [0.2, 0.25) is 0 Å². The number of nitriles is 1. The molecule has 8 nitrogen and oxygen atoms in total. The number of anilines is 1. The summed E-state index contributed by atoms with van der Waals surface area (Å²) in [4.78, 5) is 21.1. The monoisotopic (exact) mass is 488 g/mol. The zero-order chi connectivity index (χ0) is 24.9. The fraction of sp³-hybridized carbons (Fsp3) is 0.464. The third kappa shape index (κ3) is 5.11. The normalized spacial score (nSPS) is 22.2. The largest absolute Gasteiger partial charge is 0.488 e. The SMILES string of the molecule is COc1ncc(N2C=COC(C3=C(O[C@H]4CCN(C(=O)C5CCCCC5)C4)C=CCC3)=C2)cc1C#N. The van der Waals surface area contributed by atoms with Gasteiger partial charge in [0.25, 0.3) is 0 Å². The minimum Gasteiger partial charge on any atom is -0.488 e. The Bertz CT molecular complexity index is 1160. The summed E-state index contributed by atoms with van der Waals surface area (Å²) in [5.41, 5.74) is 2.08. The minimum atomic E-state index is -0.0231. The Balaban J connectivity index is 1.31. The number of aromatic nitrogens is 1. The highest BCUT2D eigenvalue weighted by atomic mass is 16.5. The van der Waals surface area contributed by atoms with E-state index < -0.39 is 0 Å². The van der Waals surface area contributed by atoms with Gasteiger partial charge in [-0.3, -0.25) is 4.79 Å². The summed E-state index contributed by atoms with van der Waals surface area (Å²) < 4.78 is 17.5.